The van der Waals surface area contributed by atoms with Crippen molar-refractivity contribution in [3.8, 4) is 40.4 Å². The molecule has 0 unspecified atom stereocenters. The zero-order chi connectivity index (χ0) is 19.2. The van der Waals surface area contributed by atoms with E-state index in [9.17, 15) is 4.79 Å². The highest BCUT2D eigenvalue weighted by atomic mass is 16.5. The van der Waals surface area contributed by atoms with Gasteiger partial charge in [0, 0.05) is 0 Å². The van der Waals surface area contributed by atoms with Crippen LogP contribution in [-0.2, 0) is 0 Å². The molecule has 2 aromatic carbocycles. The summed E-state index contributed by atoms with van der Waals surface area (Å²) >= 11 is 0. The van der Waals surface area contributed by atoms with Gasteiger partial charge < -0.3 is 18.9 Å². The number of nitrogens with zero attached hydrogens (tertiary/aromatic N) is 2. The predicted molar refractivity (Wildman–Crippen MR) is 99.0 cm³/mol. The molecule has 0 aliphatic carbocycles. The Kier molecular flexibility index (Phi) is 5.51. The summed E-state index contributed by atoms with van der Waals surface area (Å²) in [6, 6.07) is 14.2. The van der Waals surface area contributed by atoms with E-state index in [4.69, 9.17) is 18.9 Å². The number of carbonyl (C=O) groups excluding carboxylic acids is 1. The van der Waals surface area contributed by atoms with E-state index in [2.05, 4.69) is 9.97 Å². The molecule has 0 N–H and O–H groups in total. The fourth-order valence-corrected chi connectivity index (χ4v) is 2.53. The number of aromatic nitrogens is 2. The average molecular weight is 366 g/mol. The van der Waals surface area contributed by atoms with Gasteiger partial charge in [0.05, 0.1) is 33.0 Å². The Morgan fingerprint density at radius 2 is 1.56 bits per heavy atom. The summed E-state index contributed by atoms with van der Waals surface area (Å²) in [6.07, 6.45) is 0.738. The molecule has 0 aliphatic heterocycles. The van der Waals surface area contributed by atoms with Crippen LogP contribution in [0.4, 0.5) is 0 Å². The lowest BCUT2D eigenvalue weighted by Crippen LogP contribution is -2.00. The molecule has 1 aromatic heterocycles. The Morgan fingerprint density at radius 3 is 2.19 bits per heavy atom. The number of hydrogen-bond donors (Lipinski definition) is 0. The summed E-state index contributed by atoms with van der Waals surface area (Å²) in [5.74, 6) is 1.58. The summed E-state index contributed by atoms with van der Waals surface area (Å²) in [7, 11) is 4.55. The van der Waals surface area contributed by atoms with E-state index in [0.717, 1.165) is 11.8 Å². The molecule has 0 aliphatic rings. The van der Waals surface area contributed by atoms with Crippen LogP contribution in [0.15, 0.2) is 48.5 Å². The molecule has 0 atom stereocenters. The molecule has 0 spiro atoms. The lowest BCUT2D eigenvalue weighted by atomic mass is 9.99. The van der Waals surface area contributed by atoms with Crippen LogP contribution in [0.2, 0.25) is 0 Å². The largest absolute Gasteiger partial charge is 0.497 e. The molecule has 7 nitrogen and oxygen atoms in total. The zero-order valence-corrected chi connectivity index (χ0v) is 15.1. The molecule has 0 radical (unpaired) electrons. The van der Waals surface area contributed by atoms with Gasteiger partial charge in [-0.25, -0.2) is 0 Å². The standard InChI is InChI=1S/C20H18N2O5/c1-24-14-7-4-6-13(10-14)15-8-5-9-17(16(15)12-23)27-20-21-18(25-2)11-19(22-20)26-3/h4-12H,1-3H3. The Labute approximate surface area is 156 Å². The fraction of sp³-hybridized carbons (Fsp3) is 0.150. The summed E-state index contributed by atoms with van der Waals surface area (Å²) in [4.78, 5) is 20.1. The SMILES string of the molecule is COc1cccc(-c2cccc(Oc3nc(OC)cc(OC)n3)c2C=O)c1. The monoisotopic (exact) mass is 366 g/mol. The Morgan fingerprint density at radius 1 is 0.852 bits per heavy atom. The molecule has 0 bridgehead atoms. The van der Waals surface area contributed by atoms with Gasteiger partial charge in [0.2, 0.25) is 11.8 Å². The second-order valence-corrected chi connectivity index (χ2v) is 5.40. The normalized spacial score (nSPS) is 10.2. The third-order valence-corrected chi connectivity index (χ3v) is 3.84. The van der Waals surface area contributed by atoms with Crippen molar-refractivity contribution in [1.29, 1.82) is 0 Å². The maximum absolute atomic E-state index is 11.8. The van der Waals surface area contributed by atoms with Crippen LogP contribution in [0.3, 0.4) is 0 Å². The van der Waals surface area contributed by atoms with Gasteiger partial charge in [-0.3, -0.25) is 4.79 Å². The molecule has 3 rings (SSSR count). The van der Waals surface area contributed by atoms with Gasteiger partial charge in [0.1, 0.15) is 11.5 Å². The Balaban J connectivity index is 2.03. The fourth-order valence-electron chi connectivity index (χ4n) is 2.53. The number of benzene rings is 2. The summed E-state index contributed by atoms with van der Waals surface area (Å²) in [5, 5.41) is 0. The molecule has 27 heavy (non-hydrogen) atoms. The molecule has 7 heteroatoms. The van der Waals surface area contributed by atoms with Crippen LogP contribution in [0, 0.1) is 0 Å². The van der Waals surface area contributed by atoms with Crippen LogP contribution >= 0.6 is 0 Å². The summed E-state index contributed by atoms with van der Waals surface area (Å²) in [6.45, 7) is 0. The highest BCUT2D eigenvalue weighted by Gasteiger charge is 2.14. The lowest BCUT2D eigenvalue weighted by Gasteiger charge is -2.12. The smallest absolute Gasteiger partial charge is 0.328 e. The first kappa shape index (κ1) is 18.2. The van der Waals surface area contributed by atoms with Crippen molar-refractivity contribution in [2.75, 3.05) is 21.3 Å². The van der Waals surface area contributed by atoms with Gasteiger partial charge in [0.15, 0.2) is 6.29 Å². The zero-order valence-electron chi connectivity index (χ0n) is 15.1. The average Bonchev–Trinajstić information content (AvgIpc) is 2.73. The van der Waals surface area contributed by atoms with Crippen LogP contribution in [0.1, 0.15) is 10.4 Å². The quantitative estimate of drug-likeness (QED) is 0.589. The van der Waals surface area contributed by atoms with Gasteiger partial charge >= 0.3 is 6.01 Å². The lowest BCUT2D eigenvalue weighted by molar-refractivity contribution is 0.112. The van der Waals surface area contributed by atoms with Crippen molar-refractivity contribution >= 4 is 6.29 Å². The van der Waals surface area contributed by atoms with Crippen molar-refractivity contribution in [3.05, 3.63) is 54.1 Å². The Bertz CT molecular complexity index is 937. The third-order valence-electron chi connectivity index (χ3n) is 3.84. The number of carbonyl (C=O) groups is 1. The summed E-state index contributed by atoms with van der Waals surface area (Å²) < 4.78 is 21.3. The molecule has 3 aromatic rings. The minimum absolute atomic E-state index is 0.0112. The second kappa shape index (κ2) is 8.18. The molecule has 138 valence electrons. The maximum atomic E-state index is 11.8. The van der Waals surface area contributed by atoms with Gasteiger partial charge in [-0.2, -0.15) is 9.97 Å². The van der Waals surface area contributed by atoms with Crippen molar-refractivity contribution in [2.24, 2.45) is 0 Å². The molecule has 0 amide bonds. The van der Waals surface area contributed by atoms with Gasteiger partial charge in [-0.05, 0) is 29.3 Å². The van der Waals surface area contributed by atoms with Crippen molar-refractivity contribution in [2.45, 2.75) is 0 Å². The molecule has 0 saturated carbocycles. The van der Waals surface area contributed by atoms with E-state index >= 15 is 0 Å². The minimum atomic E-state index is 0.0112. The van der Waals surface area contributed by atoms with Crippen LogP contribution in [-0.4, -0.2) is 37.6 Å². The van der Waals surface area contributed by atoms with Gasteiger partial charge in [0.25, 0.3) is 0 Å². The van der Waals surface area contributed by atoms with E-state index in [-0.39, 0.29) is 17.8 Å². The number of ether oxygens (including phenoxy) is 4. The molecular formula is C20H18N2O5. The van der Waals surface area contributed by atoms with E-state index in [1.165, 1.54) is 20.3 Å². The highest BCUT2D eigenvalue weighted by Crippen LogP contribution is 2.33. The predicted octanol–water partition coefficient (Wildman–Crippen LogP) is 3.77. The van der Waals surface area contributed by atoms with Crippen LogP contribution in [0.25, 0.3) is 11.1 Å². The first-order chi connectivity index (χ1) is 13.2. The molecule has 1 heterocycles. The number of rotatable bonds is 7. The molecular weight excluding hydrogens is 348 g/mol. The van der Waals surface area contributed by atoms with E-state index in [1.54, 1.807) is 19.2 Å². The van der Waals surface area contributed by atoms with Crippen LogP contribution < -0.4 is 18.9 Å². The van der Waals surface area contributed by atoms with E-state index in [1.807, 2.05) is 30.3 Å². The van der Waals surface area contributed by atoms with E-state index < -0.39 is 0 Å². The Hall–Kier alpha value is -3.61. The topological polar surface area (TPSA) is 79.8 Å². The summed E-state index contributed by atoms with van der Waals surface area (Å²) in [5.41, 5.74) is 1.90. The number of methoxy groups -OCH3 is 3. The molecule has 0 saturated heterocycles. The first-order valence-corrected chi connectivity index (χ1v) is 8.06. The van der Waals surface area contributed by atoms with Crippen molar-refractivity contribution in [3.63, 3.8) is 0 Å². The van der Waals surface area contributed by atoms with Crippen molar-refractivity contribution in [1.82, 2.24) is 9.97 Å². The van der Waals surface area contributed by atoms with E-state index in [0.29, 0.717) is 22.6 Å². The van der Waals surface area contributed by atoms with Crippen LogP contribution in [0.5, 0.6) is 29.3 Å². The number of hydrogen-bond acceptors (Lipinski definition) is 7. The van der Waals surface area contributed by atoms with Gasteiger partial charge in [-0.15, -0.1) is 0 Å². The molecule has 0 fully saturated rings. The highest BCUT2D eigenvalue weighted by molar-refractivity contribution is 5.91. The maximum Gasteiger partial charge on any atom is 0.328 e. The third kappa shape index (κ3) is 3.98. The minimum Gasteiger partial charge on any atom is -0.497 e. The number of aldehydes is 1. The first-order valence-electron chi connectivity index (χ1n) is 8.06. The van der Waals surface area contributed by atoms with Gasteiger partial charge in [-0.1, -0.05) is 24.3 Å². The second-order valence-electron chi connectivity index (χ2n) is 5.40. The van der Waals surface area contributed by atoms with Crippen molar-refractivity contribution < 1.29 is 23.7 Å².